The highest BCUT2D eigenvalue weighted by Gasteiger charge is 2.51. The maximum Gasteiger partial charge on any atom is 0.189 e. The van der Waals surface area contributed by atoms with Crippen LogP contribution < -0.4 is 0 Å². The van der Waals surface area contributed by atoms with E-state index in [0.717, 1.165) is 12.8 Å². The lowest BCUT2D eigenvalue weighted by atomic mass is 9.98. The van der Waals surface area contributed by atoms with Crippen molar-refractivity contribution in [3.8, 4) is 0 Å². The molecule has 2 saturated heterocycles. The van der Waals surface area contributed by atoms with Crippen molar-refractivity contribution in [1.82, 2.24) is 0 Å². The lowest BCUT2D eigenvalue weighted by molar-refractivity contribution is -0.270. The fourth-order valence-corrected chi connectivity index (χ4v) is 2.16. The molecule has 15 heavy (non-hydrogen) atoms. The summed E-state index contributed by atoms with van der Waals surface area (Å²) < 4.78 is 11.3. The third-order valence-electron chi connectivity index (χ3n) is 3.08. The quantitative estimate of drug-likeness (QED) is 0.703. The van der Waals surface area contributed by atoms with Crippen LogP contribution in [0.15, 0.2) is 12.2 Å². The van der Waals surface area contributed by atoms with Gasteiger partial charge in [0.15, 0.2) is 11.6 Å². The predicted molar refractivity (Wildman–Crippen MR) is 53.3 cm³/mol. The molecular weight excluding hydrogens is 196 g/mol. The Morgan fingerprint density at radius 1 is 1.47 bits per heavy atom. The zero-order valence-corrected chi connectivity index (χ0v) is 8.86. The Balaban J connectivity index is 2.14. The molecule has 0 spiro atoms. The number of rotatable bonds is 3. The Labute approximate surface area is 88.9 Å². The normalized spacial score (nSPS) is 39.9. The van der Waals surface area contributed by atoms with Gasteiger partial charge in [-0.05, 0) is 25.5 Å². The van der Waals surface area contributed by atoms with Gasteiger partial charge in [-0.25, -0.2) is 0 Å². The van der Waals surface area contributed by atoms with Gasteiger partial charge in [0.2, 0.25) is 0 Å². The molecule has 2 rings (SSSR count). The zero-order valence-electron chi connectivity index (χ0n) is 8.86. The van der Waals surface area contributed by atoms with Crippen LogP contribution in [0.3, 0.4) is 0 Å². The summed E-state index contributed by atoms with van der Waals surface area (Å²) in [5.74, 6) is -0.796. The summed E-state index contributed by atoms with van der Waals surface area (Å²) in [4.78, 5) is 10.9. The van der Waals surface area contributed by atoms with E-state index in [4.69, 9.17) is 9.47 Å². The fraction of sp³-hybridized carbons (Fsp3) is 0.727. The van der Waals surface area contributed by atoms with E-state index >= 15 is 0 Å². The number of carbonyl (C=O) groups excluding carboxylic acids is 1. The largest absolute Gasteiger partial charge is 0.393 e. The van der Waals surface area contributed by atoms with Gasteiger partial charge in [0.05, 0.1) is 18.8 Å². The minimum absolute atomic E-state index is 0.0199. The molecule has 4 nitrogen and oxygen atoms in total. The molecule has 0 aliphatic carbocycles. The number of carbonyl (C=O) groups is 1. The number of hydrogen-bond acceptors (Lipinski definition) is 4. The van der Waals surface area contributed by atoms with Crippen LogP contribution in [0.5, 0.6) is 0 Å². The first kappa shape index (κ1) is 10.8. The van der Waals surface area contributed by atoms with Crippen molar-refractivity contribution < 1.29 is 19.4 Å². The van der Waals surface area contributed by atoms with Crippen molar-refractivity contribution in [1.29, 1.82) is 0 Å². The molecule has 2 bridgehead atoms. The topological polar surface area (TPSA) is 55.8 Å². The zero-order chi connectivity index (χ0) is 10.9. The number of aliphatic hydroxyl groups is 1. The van der Waals surface area contributed by atoms with Crippen LogP contribution in [0.1, 0.15) is 26.2 Å². The van der Waals surface area contributed by atoms with E-state index in [9.17, 15) is 9.90 Å². The maximum atomic E-state index is 10.9. The molecule has 2 fully saturated rings. The summed E-state index contributed by atoms with van der Waals surface area (Å²) in [5, 5.41) is 9.29. The van der Waals surface area contributed by atoms with E-state index in [-0.39, 0.29) is 12.4 Å². The van der Waals surface area contributed by atoms with Gasteiger partial charge >= 0.3 is 0 Å². The van der Waals surface area contributed by atoms with Crippen LogP contribution in [0, 0.1) is 0 Å². The van der Waals surface area contributed by atoms with Crippen molar-refractivity contribution in [3.63, 3.8) is 0 Å². The molecule has 2 aliphatic heterocycles. The third-order valence-corrected chi connectivity index (χ3v) is 3.08. The van der Waals surface area contributed by atoms with E-state index in [1.165, 1.54) is 13.0 Å². The average Bonchev–Trinajstić information content (AvgIpc) is 2.50. The molecule has 1 N–H and O–H groups in total. The maximum absolute atomic E-state index is 10.9. The van der Waals surface area contributed by atoms with E-state index in [2.05, 4.69) is 0 Å². The lowest BCUT2D eigenvalue weighted by Gasteiger charge is -2.37. The Hall–Kier alpha value is -0.710. The second kappa shape index (κ2) is 3.70. The van der Waals surface area contributed by atoms with Crippen LogP contribution in [0.4, 0.5) is 0 Å². The van der Waals surface area contributed by atoms with Crippen molar-refractivity contribution in [2.24, 2.45) is 0 Å². The van der Waals surface area contributed by atoms with Gasteiger partial charge < -0.3 is 14.6 Å². The lowest BCUT2D eigenvalue weighted by Crippen LogP contribution is -2.45. The Morgan fingerprint density at radius 2 is 2.27 bits per heavy atom. The molecule has 84 valence electrons. The van der Waals surface area contributed by atoms with Crippen LogP contribution >= 0.6 is 0 Å². The molecule has 0 aromatic heterocycles. The van der Waals surface area contributed by atoms with Crippen molar-refractivity contribution in [2.75, 3.05) is 13.2 Å². The standard InChI is InChI=1S/C11H16O4/c1-9(13)2-3-11-5-4-10(8-12,15-11)6-7-14-11/h2-3,12H,4-8H2,1H3/b3-2+. The van der Waals surface area contributed by atoms with Gasteiger partial charge in [-0.1, -0.05) is 0 Å². The second-order valence-electron chi connectivity index (χ2n) is 4.30. The van der Waals surface area contributed by atoms with Gasteiger partial charge in [0.25, 0.3) is 0 Å². The number of hydrogen-bond donors (Lipinski definition) is 1. The van der Waals surface area contributed by atoms with Crippen LogP contribution in [-0.4, -0.2) is 35.5 Å². The summed E-state index contributed by atoms with van der Waals surface area (Å²) in [6, 6.07) is 0. The first-order chi connectivity index (χ1) is 7.10. The number of ketones is 1. The summed E-state index contributed by atoms with van der Waals surface area (Å²) in [6.45, 7) is 2.08. The molecule has 0 amide bonds. The van der Waals surface area contributed by atoms with E-state index in [1.54, 1.807) is 6.08 Å². The minimum atomic E-state index is -0.771. The molecule has 2 atom stereocenters. The van der Waals surface area contributed by atoms with Gasteiger partial charge in [0, 0.05) is 12.8 Å². The van der Waals surface area contributed by atoms with Crippen LogP contribution in [0.25, 0.3) is 0 Å². The summed E-state index contributed by atoms with van der Waals surface area (Å²) in [6.07, 6.45) is 5.35. The molecule has 0 saturated carbocycles. The number of aliphatic hydroxyl groups excluding tert-OH is 1. The molecule has 2 unspecified atom stereocenters. The Morgan fingerprint density at radius 3 is 2.93 bits per heavy atom. The number of ether oxygens (including phenoxy) is 2. The van der Waals surface area contributed by atoms with Crippen LogP contribution in [0.2, 0.25) is 0 Å². The van der Waals surface area contributed by atoms with Crippen molar-refractivity contribution in [3.05, 3.63) is 12.2 Å². The third kappa shape index (κ3) is 1.97. The Bertz CT molecular complexity index is 299. The fourth-order valence-electron chi connectivity index (χ4n) is 2.16. The van der Waals surface area contributed by atoms with E-state index in [0.29, 0.717) is 13.0 Å². The molecular formula is C11H16O4. The molecule has 0 radical (unpaired) electrons. The first-order valence-electron chi connectivity index (χ1n) is 5.25. The smallest absolute Gasteiger partial charge is 0.189 e. The molecule has 4 heteroatoms. The average molecular weight is 212 g/mol. The summed E-state index contributed by atoms with van der Waals surface area (Å²) in [7, 11) is 0. The SMILES string of the molecule is CC(=O)/C=C/C12CCC(CO)(CCO1)O2. The van der Waals surface area contributed by atoms with Gasteiger partial charge in [-0.2, -0.15) is 0 Å². The highest BCUT2D eigenvalue weighted by atomic mass is 16.7. The summed E-state index contributed by atoms with van der Waals surface area (Å²) in [5.41, 5.74) is -0.445. The summed E-state index contributed by atoms with van der Waals surface area (Å²) >= 11 is 0. The number of allylic oxidation sites excluding steroid dienone is 1. The molecule has 0 aromatic rings. The second-order valence-corrected chi connectivity index (χ2v) is 4.30. The number of fused-ring (bicyclic) bond motifs is 2. The van der Waals surface area contributed by atoms with Crippen molar-refractivity contribution >= 4 is 5.78 Å². The van der Waals surface area contributed by atoms with Gasteiger partial charge in [0.1, 0.15) is 0 Å². The van der Waals surface area contributed by atoms with E-state index < -0.39 is 11.4 Å². The van der Waals surface area contributed by atoms with Crippen molar-refractivity contribution in [2.45, 2.75) is 37.6 Å². The first-order valence-corrected chi connectivity index (χ1v) is 5.25. The molecule has 2 aliphatic rings. The predicted octanol–water partition coefficient (Wildman–Crippen LogP) is 0.790. The van der Waals surface area contributed by atoms with Crippen LogP contribution in [-0.2, 0) is 14.3 Å². The van der Waals surface area contributed by atoms with E-state index in [1.807, 2.05) is 0 Å². The molecule has 2 heterocycles. The molecule has 0 aromatic carbocycles. The minimum Gasteiger partial charge on any atom is -0.393 e. The highest BCUT2D eigenvalue weighted by Crippen LogP contribution is 2.45. The van der Waals surface area contributed by atoms with Gasteiger partial charge in [-0.3, -0.25) is 4.79 Å². The highest BCUT2D eigenvalue weighted by molar-refractivity contribution is 5.87. The monoisotopic (exact) mass is 212 g/mol. The van der Waals surface area contributed by atoms with Gasteiger partial charge in [-0.15, -0.1) is 0 Å². The Kier molecular flexibility index (Phi) is 2.66.